The van der Waals surface area contributed by atoms with Crippen molar-refractivity contribution >= 4 is 24.0 Å². The smallest absolute Gasteiger partial charge is 0.250 e. The van der Waals surface area contributed by atoms with Crippen LogP contribution in [0.2, 0.25) is 0 Å². The van der Waals surface area contributed by atoms with Crippen LogP contribution in [0.4, 0.5) is 0 Å². The lowest BCUT2D eigenvalue weighted by Gasteiger charge is -1.92. The maximum Gasteiger partial charge on any atom is 0.250 e. The maximum absolute atomic E-state index is 10.0. The van der Waals surface area contributed by atoms with E-state index in [0.717, 1.165) is 0 Å². The van der Waals surface area contributed by atoms with Crippen LogP contribution in [0, 0.1) is 0 Å². The van der Waals surface area contributed by atoms with Crippen LogP contribution in [0.5, 0.6) is 0 Å². The van der Waals surface area contributed by atoms with Crippen molar-refractivity contribution in [2.75, 3.05) is 0 Å². The van der Waals surface area contributed by atoms with E-state index in [2.05, 4.69) is 36.4 Å². The molecule has 2 aromatic rings. The minimum Gasteiger partial charge on any atom is -0.289 e. The fraction of sp³-hybridized carbons (Fsp3) is 0. The number of benzene rings is 2. The molecule has 3 nitrogen and oxygen atoms in total. The van der Waals surface area contributed by atoms with Crippen LogP contribution in [-0.4, -0.2) is 11.8 Å². The van der Waals surface area contributed by atoms with Crippen molar-refractivity contribution in [3.8, 4) is 0 Å². The Bertz CT molecular complexity index is 601. The van der Waals surface area contributed by atoms with Gasteiger partial charge in [0, 0.05) is 12.2 Å². The molecule has 0 saturated heterocycles. The summed E-state index contributed by atoms with van der Waals surface area (Å²) in [5, 5.41) is 2.03. The molecule has 0 atom stereocenters. The second-order valence-electron chi connectivity index (χ2n) is 4.34. The monoisotopic (exact) mass is 277 g/mol. The molecule has 0 aromatic heterocycles. The number of carbonyl (C=O) groups is 2. The van der Waals surface area contributed by atoms with E-state index in [-0.39, 0.29) is 11.8 Å². The van der Waals surface area contributed by atoms with E-state index in [1.54, 1.807) is 0 Å². The van der Waals surface area contributed by atoms with E-state index < -0.39 is 0 Å². The Balaban J connectivity index is 0.000000194. The highest BCUT2D eigenvalue weighted by atomic mass is 16.2. The Kier molecular flexibility index (Phi) is 5.24. The summed E-state index contributed by atoms with van der Waals surface area (Å²) < 4.78 is 0. The summed E-state index contributed by atoms with van der Waals surface area (Å²) in [5.74, 6) is -0.657. The van der Waals surface area contributed by atoms with Gasteiger partial charge in [-0.15, -0.1) is 0 Å². The van der Waals surface area contributed by atoms with Crippen LogP contribution in [0.25, 0.3) is 12.2 Å². The van der Waals surface area contributed by atoms with Gasteiger partial charge in [0.1, 0.15) is 0 Å². The van der Waals surface area contributed by atoms with Gasteiger partial charge in [0.15, 0.2) is 0 Å². The summed E-state index contributed by atoms with van der Waals surface area (Å²) in [6.45, 7) is 0. The van der Waals surface area contributed by atoms with Gasteiger partial charge in [-0.05, 0) is 11.1 Å². The van der Waals surface area contributed by atoms with Crippen molar-refractivity contribution in [3.05, 3.63) is 83.9 Å². The third kappa shape index (κ3) is 5.28. The van der Waals surface area contributed by atoms with Gasteiger partial charge < -0.3 is 0 Å². The maximum atomic E-state index is 10.0. The normalized spacial score (nSPS) is 13.0. The van der Waals surface area contributed by atoms with Crippen molar-refractivity contribution in [1.29, 1.82) is 0 Å². The zero-order valence-corrected chi connectivity index (χ0v) is 11.4. The van der Waals surface area contributed by atoms with Crippen LogP contribution >= 0.6 is 0 Å². The van der Waals surface area contributed by atoms with Gasteiger partial charge in [0.25, 0.3) is 11.8 Å². The number of rotatable bonds is 2. The zero-order valence-electron chi connectivity index (χ0n) is 11.4. The van der Waals surface area contributed by atoms with Crippen LogP contribution in [0.15, 0.2) is 72.8 Å². The van der Waals surface area contributed by atoms with Gasteiger partial charge in [0.2, 0.25) is 0 Å². The van der Waals surface area contributed by atoms with Gasteiger partial charge in [-0.3, -0.25) is 14.9 Å². The molecule has 0 unspecified atom stereocenters. The lowest BCUT2D eigenvalue weighted by Crippen LogP contribution is -2.19. The number of nitrogens with one attached hydrogen (secondary N) is 1. The van der Waals surface area contributed by atoms with Crippen LogP contribution in [-0.2, 0) is 9.59 Å². The molecule has 104 valence electrons. The van der Waals surface area contributed by atoms with E-state index in [4.69, 9.17) is 0 Å². The average Bonchev–Trinajstić information content (AvgIpc) is 2.91. The molecule has 0 aliphatic carbocycles. The first kappa shape index (κ1) is 14.5. The molecular formula is C18H15NO2. The van der Waals surface area contributed by atoms with Gasteiger partial charge in [-0.2, -0.15) is 0 Å². The first-order chi connectivity index (χ1) is 10.2. The molecule has 1 aliphatic rings. The van der Waals surface area contributed by atoms with E-state index in [9.17, 15) is 9.59 Å². The van der Waals surface area contributed by atoms with Crippen molar-refractivity contribution < 1.29 is 9.59 Å². The van der Waals surface area contributed by atoms with E-state index in [0.29, 0.717) is 0 Å². The molecule has 1 N–H and O–H groups in total. The summed E-state index contributed by atoms with van der Waals surface area (Å²) in [4.78, 5) is 20.1. The lowest BCUT2D eigenvalue weighted by atomic mass is 10.1. The molecule has 3 rings (SSSR count). The van der Waals surface area contributed by atoms with Crippen molar-refractivity contribution in [3.63, 3.8) is 0 Å². The second-order valence-corrected chi connectivity index (χ2v) is 4.34. The summed E-state index contributed by atoms with van der Waals surface area (Å²) in [5.41, 5.74) is 2.47. The molecule has 3 heteroatoms. The summed E-state index contributed by atoms with van der Waals surface area (Å²) in [6, 6.07) is 20.6. The molecule has 21 heavy (non-hydrogen) atoms. The summed E-state index contributed by atoms with van der Waals surface area (Å²) >= 11 is 0. The molecule has 1 aliphatic heterocycles. The quantitative estimate of drug-likeness (QED) is 0.677. The lowest BCUT2D eigenvalue weighted by molar-refractivity contribution is -0.123. The topological polar surface area (TPSA) is 46.2 Å². The average molecular weight is 277 g/mol. The Morgan fingerprint density at radius 3 is 1.29 bits per heavy atom. The second kappa shape index (κ2) is 7.60. The number of hydrogen-bond donors (Lipinski definition) is 1. The molecule has 1 heterocycles. The Labute approximate surface area is 123 Å². The molecule has 0 spiro atoms. The predicted molar refractivity (Wildman–Crippen MR) is 84.1 cm³/mol. The fourth-order valence-electron chi connectivity index (χ4n) is 1.68. The van der Waals surface area contributed by atoms with Crippen molar-refractivity contribution in [2.45, 2.75) is 0 Å². The summed E-state index contributed by atoms with van der Waals surface area (Å²) in [6.07, 6.45) is 6.63. The largest absolute Gasteiger partial charge is 0.289 e. The molecule has 2 amide bonds. The van der Waals surface area contributed by atoms with Crippen LogP contribution in [0.3, 0.4) is 0 Å². The third-order valence-electron chi connectivity index (χ3n) is 2.70. The van der Waals surface area contributed by atoms with Crippen molar-refractivity contribution in [2.24, 2.45) is 0 Å². The van der Waals surface area contributed by atoms with Gasteiger partial charge >= 0.3 is 0 Å². The molecule has 0 bridgehead atoms. The van der Waals surface area contributed by atoms with Gasteiger partial charge in [-0.25, -0.2) is 0 Å². The van der Waals surface area contributed by atoms with Crippen LogP contribution < -0.4 is 5.32 Å². The SMILES string of the molecule is C(=Cc1ccccc1)c1ccccc1.O=C1C=CC(=O)N1. The third-order valence-corrected chi connectivity index (χ3v) is 2.70. The highest BCUT2D eigenvalue weighted by Gasteiger charge is 2.06. The van der Waals surface area contributed by atoms with Gasteiger partial charge in [-0.1, -0.05) is 72.8 Å². The summed E-state index contributed by atoms with van der Waals surface area (Å²) in [7, 11) is 0. The van der Waals surface area contributed by atoms with E-state index in [1.807, 2.05) is 41.7 Å². The minimum atomic E-state index is -0.329. The zero-order chi connectivity index (χ0) is 14.9. The number of carbonyl (C=O) groups excluding carboxylic acids is 2. The van der Waals surface area contributed by atoms with E-state index in [1.165, 1.54) is 23.3 Å². The standard InChI is InChI=1S/C14H12.C4H3NO2/c1-3-7-13(8-4-1)11-12-14-9-5-2-6-10-14;6-3-1-2-4(7)5-3/h1-12H;1-2H,(H,5,6,7). The van der Waals surface area contributed by atoms with Gasteiger partial charge in [0.05, 0.1) is 0 Å². The number of imide groups is 1. The first-order valence-corrected chi connectivity index (χ1v) is 6.55. The Morgan fingerprint density at radius 2 is 1.00 bits per heavy atom. The number of amides is 2. The number of hydrogen-bond acceptors (Lipinski definition) is 2. The fourth-order valence-corrected chi connectivity index (χ4v) is 1.68. The highest BCUT2D eigenvalue weighted by Crippen LogP contribution is 2.06. The predicted octanol–water partition coefficient (Wildman–Crippen LogP) is 3.06. The highest BCUT2D eigenvalue weighted by molar-refractivity contribution is 6.12. The molecule has 0 fully saturated rings. The van der Waals surface area contributed by atoms with E-state index >= 15 is 0 Å². The molecule has 2 aromatic carbocycles. The Hall–Kier alpha value is -2.94. The van der Waals surface area contributed by atoms with Crippen LogP contribution in [0.1, 0.15) is 11.1 Å². The molecular weight excluding hydrogens is 262 g/mol. The molecule has 0 radical (unpaired) electrons. The minimum absolute atomic E-state index is 0.329. The Morgan fingerprint density at radius 1 is 0.619 bits per heavy atom. The van der Waals surface area contributed by atoms with Crippen molar-refractivity contribution in [1.82, 2.24) is 5.32 Å². The first-order valence-electron chi connectivity index (χ1n) is 6.55. The molecule has 0 saturated carbocycles.